The first-order valence-corrected chi connectivity index (χ1v) is 11.3. The molecule has 2 aliphatic rings. The van der Waals surface area contributed by atoms with Crippen LogP contribution in [0.2, 0.25) is 0 Å². The zero-order valence-corrected chi connectivity index (χ0v) is 18.8. The molecule has 3 unspecified atom stereocenters. The third-order valence-corrected chi connectivity index (χ3v) is 6.86. The normalized spacial score (nSPS) is 21.7. The lowest BCUT2D eigenvalue weighted by atomic mass is 10.0. The summed E-state index contributed by atoms with van der Waals surface area (Å²) in [7, 11) is 0. The molecule has 4 rings (SSSR count). The van der Waals surface area contributed by atoms with E-state index in [-0.39, 0.29) is 17.9 Å². The van der Waals surface area contributed by atoms with Crippen molar-refractivity contribution in [3.05, 3.63) is 70.8 Å². The van der Waals surface area contributed by atoms with Gasteiger partial charge in [-0.25, -0.2) is 0 Å². The van der Waals surface area contributed by atoms with Gasteiger partial charge in [0, 0.05) is 45.2 Å². The molecule has 2 heterocycles. The first-order chi connectivity index (χ1) is 14.9. The molecule has 3 atom stereocenters. The summed E-state index contributed by atoms with van der Waals surface area (Å²) in [6.07, 6.45) is 0.897. The Morgan fingerprint density at radius 2 is 1.55 bits per heavy atom. The smallest absolute Gasteiger partial charge is 0.254 e. The quantitative estimate of drug-likeness (QED) is 0.779. The Kier molecular flexibility index (Phi) is 6.42. The van der Waals surface area contributed by atoms with Crippen LogP contribution >= 0.6 is 0 Å². The van der Waals surface area contributed by atoms with Gasteiger partial charge in [0.1, 0.15) is 0 Å². The third kappa shape index (κ3) is 4.82. The zero-order chi connectivity index (χ0) is 22.0. The summed E-state index contributed by atoms with van der Waals surface area (Å²) in [5.41, 5.74) is 4.16. The number of hydrogen-bond acceptors (Lipinski definition) is 3. The maximum atomic E-state index is 13.1. The predicted octanol–water partition coefficient (Wildman–Crippen LogP) is 3.57. The second-order valence-electron chi connectivity index (χ2n) is 9.21. The third-order valence-electron chi connectivity index (χ3n) is 6.86. The van der Waals surface area contributed by atoms with Crippen molar-refractivity contribution in [2.75, 3.05) is 32.7 Å². The molecule has 0 radical (unpaired) electrons. The van der Waals surface area contributed by atoms with Gasteiger partial charge in [0.2, 0.25) is 5.91 Å². The van der Waals surface area contributed by atoms with E-state index in [1.165, 1.54) is 0 Å². The Labute approximate surface area is 185 Å². The molecule has 0 saturated carbocycles. The minimum absolute atomic E-state index is 0.00722. The average Bonchev–Trinajstić information content (AvgIpc) is 3.30. The highest BCUT2D eigenvalue weighted by Gasteiger charge is 2.41. The van der Waals surface area contributed by atoms with Gasteiger partial charge in [-0.3, -0.25) is 9.59 Å². The predicted molar refractivity (Wildman–Crippen MR) is 123 cm³/mol. The fraction of sp³-hybridized carbons (Fsp3) is 0.462. The summed E-state index contributed by atoms with van der Waals surface area (Å²) < 4.78 is 0. The molecule has 0 spiro atoms. The Morgan fingerprint density at radius 3 is 2.13 bits per heavy atom. The summed E-state index contributed by atoms with van der Waals surface area (Å²) >= 11 is 0. The van der Waals surface area contributed by atoms with E-state index in [4.69, 9.17) is 0 Å². The number of amides is 2. The number of nitrogens with zero attached hydrogens (tertiary/aromatic N) is 2. The van der Waals surface area contributed by atoms with Gasteiger partial charge >= 0.3 is 0 Å². The molecule has 2 aromatic carbocycles. The van der Waals surface area contributed by atoms with E-state index in [0.717, 1.165) is 61.4 Å². The Bertz CT molecular complexity index is 909. The Morgan fingerprint density at radius 1 is 0.935 bits per heavy atom. The van der Waals surface area contributed by atoms with Crippen LogP contribution < -0.4 is 5.32 Å². The van der Waals surface area contributed by atoms with Crippen molar-refractivity contribution in [2.24, 2.45) is 11.8 Å². The number of hydrogen-bond donors (Lipinski definition) is 1. The molecular weight excluding hydrogens is 386 g/mol. The van der Waals surface area contributed by atoms with E-state index in [9.17, 15) is 9.59 Å². The molecular formula is C26H33N3O2. The van der Waals surface area contributed by atoms with Gasteiger partial charge in [0.05, 0.1) is 6.04 Å². The Balaban J connectivity index is 1.33. The van der Waals surface area contributed by atoms with Crippen LogP contribution in [-0.4, -0.2) is 54.3 Å². The Hall–Kier alpha value is -2.66. The molecule has 2 fully saturated rings. The number of fused-ring (bicyclic) bond motifs is 1. The SMILES string of the molecule is CC(=O)NC(CCN1CC2CN(C(=O)c3c(C)cccc3C)CC2C1)c1ccccc1. The van der Waals surface area contributed by atoms with E-state index in [1.807, 2.05) is 50.2 Å². The van der Waals surface area contributed by atoms with E-state index >= 15 is 0 Å². The summed E-state index contributed by atoms with van der Waals surface area (Å²) in [5, 5.41) is 3.10. The van der Waals surface area contributed by atoms with Crippen LogP contribution in [-0.2, 0) is 4.79 Å². The van der Waals surface area contributed by atoms with Gasteiger partial charge in [0.15, 0.2) is 0 Å². The topological polar surface area (TPSA) is 52.7 Å². The van der Waals surface area contributed by atoms with Crippen molar-refractivity contribution in [1.82, 2.24) is 15.1 Å². The number of aryl methyl sites for hydroxylation is 2. The maximum Gasteiger partial charge on any atom is 0.254 e. The van der Waals surface area contributed by atoms with Crippen molar-refractivity contribution in [3.63, 3.8) is 0 Å². The van der Waals surface area contributed by atoms with Crippen LogP contribution in [0.3, 0.4) is 0 Å². The molecule has 2 amide bonds. The number of benzene rings is 2. The molecule has 2 aliphatic heterocycles. The van der Waals surface area contributed by atoms with Crippen molar-refractivity contribution in [3.8, 4) is 0 Å². The van der Waals surface area contributed by atoms with Crippen molar-refractivity contribution in [1.29, 1.82) is 0 Å². The molecule has 2 aromatic rings. The maximum absolute atomic E-state index is 13.1. The standard InChI is InChI=1S/C26H33N3O2/c1-18-8-7-9-19(2)25(18)26(31)29-16-22-14-28(15-23(22)17-29)13-12-24(27-20(3)30)21-10-5-4-6-11-21/h4-11,22-24H,12-17H2,1-3H3,(H,27,30). The zero-order valence-electron chi connectivity index (χ0n) is 18.8. The second-order valence-corrected chi connectivity index (χ2v) is 9.21. The summed E-state index contributed by atoms with van der Waals surface area (Å²) in [5.74, 6) is 1.28. The molecule has 164 valence electrons. The number of likely N-dealkylation sites (tertiary alicyclic amines) is 2. The molecule has 31 heavy (non-hydrogen) atoms. The molecule has 1 N–H and O–H groups in total. The van der Waals surface area contributed by atoms with Crippen LogP contribution in [0.15, 0.2) is 48.5 Å². The van der Waals surface area contributed by atoms with E-state index in [0.29, 0.717) is 11.8 Å². The molecule has 2 saturated heterocycles. The fourth-order valence-electron chi connectivity index (χ4n) is 5.31. The molecule has 5 nitrogen and oxygen atoms in total. The molecule has 0 aromatic heterocycles. The first kappa shape index (κ1) is 21.6. The van der Waals surface area contributed by atoms with Gasteiger partial charge in [-0.15, -0.1) is 0 Å². The molecule has 0 aliphatic carbocycles. The lowest BCUT2D eigenvalue weighted by molar-refractivity contribution is -0.119. The van der Waals surface area contributed by atoms with Crippen LogP contribution in [0.25, 0.3) is 0 Å². The lowest BCUT2D eigenvalue weighted by Gasteiger charge is -2.25. The first-order valence-electron chi connectivity index (χ1n) is 11.3. The monoisotopic (exact) mass is 419 g/mol. The van der Waals surface area contributed by atoms with Crippen LogP contribution in [0.1, 0.15) is 46.4 Å². The highest BCUT2D eigenvalue weighted by Crippen LogP contribution is 2.33. The van der Waals surface area contributed by atoms with Gasteiger partial charge in [0.25, 0.3) is 5.91 Å². The summed E-state index contributed by atoms with van der Waals surface area (Å²) in [4.78, 5) is 29.4. The number of carbonyl (C=O) groups excluding carboxylic acids is 2. The molecule has 5 heteroatoms. The average molecular weight is 420 g/mol. The minimum atomic E-state index is 0.00722. The van der Waals surface area contributed by atoms with Crippen molar-refractivity contribution in [2.45, 2.75) is 33.2 Å². The molecule has 0 bridgehead atoms. The summed E-state index contributed by atoms with van der Waals surface area (Å²) in [6, 6.07) is 16.3. The number of rotatable bonds is 6. The summed E-state index contributed by atoms with van der Waals surface area (Å²) in [6.45, 7) is 10.3. The van der Waals surface area contributed by atoms with Gasteiger partial charge < -0.3 is 15.1 Å². The number of nitrogens with one attached hydrogen (secondary N) is 1. The number of carbonyl (C=O) groups is 2. The second kappa shape index (κ2) is 9.23. The van der Waals surface area contributed by atoms with Gasteiger partial charge in [-0.05, 0) is 48.8 Å². The van der Waals surface area contributed by atoms with Crippen LogP contribution in [0.4, 0.5) is 0 Å². The lowest BCUT2D eigenvalue weighted by Crippen LogP contribution is -2.35. The fourth-order valence-corrected chi connectivity index (χ4v) is 5.31. The van der Waals surface area contributed by atoms with Crippen molar-refractivity contribution >= 4 is 11.8 Å². The van der Waals surface area contributed by atoms with E-state index < -0.39 is 0 Å². The highest BCUT2D eigenvalue weighted by molar-refractivity contribution is 5.97. The minimum Gasteiger partial charge on any atom is -0.349 e. The van der Waals surface area contributed by atoms with Crippen LogP contribution in [0, 0.1) is 25.7 Å². The van der Waals surface area contributed by atoms with Crippen LogP contribution in [0.5, 0.6) is 0 Å². The highest BCUT2D eigenvalue weighted by atomic mass is 16.2. The largest absolute Gasteiger partial charge is 0.349 e. The van der Waals surface area contributed by atoms with Gasteiger partial charge in [-0.2, -0.15) is 0 Å². The van der Waals surface area contributed by atoms with E-state index in [1.54, 1.807) is 6.92 Å². The van der Waals surface area contributed by atoms with Gasteiger partial charge in [-0.1, -0.05) is 48.5 Å². The van der Waals surface area contributed by atoms with E-state index in [2.05, 4.69) is 27.2 Å². The van der Waals surface area contributed by atoms with Crippen molar-refractivity contribution < 1.29 is 9.59 Å².